The molecule has 0 radical (unpaired) electrons. The Balaban J connectivity index is 2.33. The van der Waals surface area contributed by atoms with E-state index < -0.39 is 0 Å². The van der Waals surface area contributed by atoms with E-state index in [-0.39, 0.29) is 0 Å². The second-order valence-electron chi connectivity index (χ2n) is 2.98. The Kier molecular flexibility index (Phi) is 2.10. The highest BCUT2D eigenvalue weighted by Crippen LogP contribution is 2.22. The summed E-state index contributed by atoms with van der Waals surface area (Å²) in [5, 5.41) is 3.86. The summed E-state index contributed by atoms with van der Waals surface area (Å²) in [5.41, 5.74) is 1.74. The van der Waals surface area contributed by atoms with Crippen molar-refractivity contribution >= 4 is 11.3 Å². The molecule has 0 fully saturated rings. The average Bonchev–Trinajstić information content (AvgIpc) is 2.75. The number of hydrogen-bond acceptors (Lipinski definition) is 5. The van der Waals surface area contributed by atoms with Crippen LogP contribution in [0, 0.1) is 0 Å². The Labute approximate surface area is 79.6 Å². The van der Waals surface area contributed by atoms with Gasteiger partial charge in [0, 0.05) is 5.92 Å². The van der Waals surface area contributed by atoms with Gasteiger partial charge in [-0.1, -0.05) is 19.0 Å². The van der Waals surface area contributed by atoms with Gasteiger partial charge in [-0.05, 0) is 0 Å². The Morgan fingerprint density at radius 2 is 2.31 bits per heavy atom. The van der Waals surface area contributed by atoms with E-state index in [0.29, 0.717) is 11.8 Å². The fraction of sp³-hybridized carbons (Fsp3) is 0.375. The molecule has 0 aliphatic heterocycles. The lowest BCUT2D eigenvalue weighted by atomic mass is 10.2. The van der Waals surface area contributed by atoms with Crippen LogP contribution in [0.4, 0.5) is 0 Å². The van der Waals surface area contributed by atoms with E-state index in [1.54, 1.807) is 11.7 Å². The maximum absolute atomic E-state index is 5.08. The summed E-state index contributed by atoms with van der Waals surface area (Å²) >= 11 is 1.49. The Morgan fingerprint density at radius 3 is 2.85 bits per heavy atom. The van der Waals surface area contributed by atoms with Crippen molar-refractivity contribution in [3.63, 3.8) is 0 Å². The van der Waals surface area contributed by atoms with E-state index in [1.807, 2.05) is 13.8 Å². The average molecular weight is 195 g/mol. The molecule has 0 saturated carbocycles. The van der Waals surface area contributed by atoms with Crippen molar-refractivity contribution in [1.29, 1.82) is 0 Å². The predicted octanol–water partition coefficient (Wildman–Crippen LogP) is 2.32. The van der Waals surface area contributed by atoms with Crippen LogP contribution in [0.3, 0.4) is 0 Å². The molecule has 0 spiro atoms. The third-order valence-corrected chi connectivity index (χ3v) is 2.36. The normalized spacial score (nSPS) is 11.0. The number of hydrogen-bond donors (Lipinski definition) is 0. The molecule has 0 unspecified atom stereocenters. The third-order valence-electron chi connectivity index (χ3n) is 1.60. The molecule has 0 aliphatic carbocycles. The molecule has 4 nitrogen and oxygen atoms in total. The van der Waals surface area contributed by atoms with Crippen LogP contribution in [0.15, 0.2) is 16.2 Å². The molecule has 2 rings (SSSR count). The minimum Gasteiger partial charge on any atom is -0.333 e. The van der Waals surface area contributed by atoms with Crippen LogP contribution in [0.25, 0.3) is 10.8 Å². The highest BCUT2D eigenvalue weighted by molar-refractivity contribution is 7.13. The Morgan fingerprint density at radius 1 is 1.46 bits per heavy atom. The summed E-state index contributed by atoms with van der Waals surface area (Å²) in [4.78, 5) is 9.10. The second-order valence-corrected chi connectivity index (χ2v) is 3.86. The Hall–Kier alpha value is -1.23. The van der Waals surface area contributed by atoms with Gasteiger partial charge in [0.1, 0.15) is 4.88 Å². The van der Waals surface area contributed by atoms with E-state index >= 15 is 0 Å². The summed E-state index contributed by atoms with van der Waals surface area (Å²) in [6.45, 7) is 4.06. The van der Waals surface area contributed by atoms with Gasteiger partial charge in [0.05, 0.1) is 11.7 Å². The van der Waals surface area contributed by atoms with E-state index in [4.69, 9.17) is 4.52 Å². The second kappa shape index (κ2) is 3.26. The highest BCUT2D eigenvalue weighted by atomic mass is 32.1. The fourth-order valence-corrected chi connectivity index (χ4v) is 1.43. The summed E-state index contributed by atoms with van der Waals surface area (Å²) in [5.74, 6) is 1.60. The molecule has 2 aromatic rings. The fourth-order valence-electron chi connectivity index (χ4n) is 0.891. The van der Waals surface area contributed by atoms with Gasteiger partial charge in [-0.3, -0.25) is 4.98 Å². The molecule has 0 aromatic carbocycles. The van der Waals surface area contributed by atoms with E-state index in [0.717, 1.165) is 10.7 Å². The third kappa shape index (κ3) is 1.60. The molecule has 0 saturated heterocycles. The minimum absolute atomic E-state index is 0.297. The van der Waals surface area contributed by atoms with Crippen LogP contribution in [0.5, 0.6) is 0 Å². The van der Waals surface area contributed by atoms with Crippen molar-refractivity contribution in [1.82, 2.24) is 15.1 Å². The van der Waals surface area contributed by atoms with Crippen LogP contribution in [-0.4, -0.2) is 15.1 Å². The molecule has 2 aromatic heterocycles. The maximum atomic E-state index is 5.08. The topological polar surface area (TPSA) is 51.8 Å². The summed E-state index contributed by atoms with van der Waals surface area (Å²) in [7, 11) is 0. The van der Waals surface area contributed by atoms with Gasteiger partial charge >= 0.3 is 0 Å². The highest BCUT2D eigenvalue weighted by Gasteiger charge is 2.11. The Bertz CT molecular complexity index is 380. The summed E-state index contributed by atoms with van der Waals surface area (Å²) in [6, 6.07) is 0. The van der Waals surface area contributed by atoms with Gasteiger partial charge in [-0.15, -0.1) is 11.3 Å². The number of rotatable bonds is 2. The van der Waals surface area contributed by atoms with Crippen LogP contribution in [0.2, 0.25) is 0 Å². The molecule has 0 bridgehead atoms. The van der Waals surface area contributed by atoms with Crippen molar-refractivity contribution in [3.05, 3.63) is 17.5 Å². The van der Waals surface area contributed by atoms with Crippen LogP contribution >= 0.6 is 11.3 Å². The van der Waals surface area contributed by atoms with E-state index in [9.17, 15) is 0 Å². The van der Waals surface area contributed by atoms with Crippen LogP contribution in [-0.2, 0) is 0 Å². The first kappa shape index (κ1) is 8.37. The molecule has 0 amide bonds. The van der Waals surface area contributed by atoms with Gasteiger partial charge in [-0.25, -0.2) is 0 Å². The van der Waals surface area contributed by atoms with E-state index in [2.05, 4.69) is 15.1 Å². The number of nitrogens with zero attached hydrogens (tertiary/aromatic N) is 3. The van der Waals surface area contributed by atoms with Gasteiger partial charge in [0.2, 0.25) is 0 Å². The van der Waals surface area contributed by atoms with Crippen molar-refractivity contribution in [2.24, 2.45) is 0 Å². The van der Waals surface area contributed by atoms with E-state index in [1.165, 1.54) is 11.3 Å². The first-order valence-corrected chi connectivity index (χ1v) is 4.88. The number of aromatic nitrogens is 3. The molecule has 5 heteroatoms. The van der Waals surface area contributed by atoms with Crippen molar-refractivity contribution < 1.29 is 4.52 Å². The summed E-state index contributed by atoms with van der Waals surface area (Å²) in [6.07, 6.45) is 1.72. The molecule has 0 atom stereocenters. The standard InChI is InChI=1S/C8H9N3OS/c1-5(2)7-10-8(12-11-7)6-3-9-4-13-6/h3-5H,1-2H3. The first-order valence-electron chi connectivity index (χ1n) is 4.00. The largest absolute Gasteiger partial charge is 0.333 e. The first-order chi connectivity index (χ1) is 6.27. The molecular weight excluding hydrogens is 186 g/mol. The zero-order chi connectivity index (χ0) is 9.26. The molecule has 2 heterocycles. The molecule has 13 heavy (non-hydrogen) atoms. The summed E-state index contributed by atoms with van der Waals surface area (Å²) < 4.78 is 5.08. The lowest BCUT2D eigenvalue weighted by Crippen LogP contribution is -1.88. The molecule has 0 aliphatic rings. The zero-order valence-corrected chi connectivity index (χ0v) is 8.21. The van der Waals surface area contributed by atoms with Gasteiger partial charge < -0.3 is 4.52 Å². The predicted molar refractivity (Wildman–Crippen MR) is 49.5 cm³/mol. The lowest BCUT2D eigenvalue weighted by molar-refractivity contribution is 0.420. The van der Waals surface area contributed by atoms with Crippen molar-refractivity contribution in [2.45, 2.75) is 19.8 Å². The minimum atomic E-state index is 0.297. The maximum Gasteiger partial charge on any atom is 0.269 e. The smallest absolute Gasteiger partial charge is 0.269 e. The van der Waals surface area contributed by atoms with Gasteiger partial charge in [0.25, 0.3) is 5.89 Å². The van der Waals surface area contributed by atoms with Crippen LogP contribution < -0.4 is 0 Å². The monoisotopic (exact) mass is 195 g/mol. The van der Waals surface area contributed by atoms with Gasteiger partial charge in [-0.2, -0.15) is 4.98 Å². The lowest BCUT2D eigenvalue weighted by Gasteiger charge is -1.91. The molecule has 68 valence electrons. The quantitative estimate of drug-likeness (QED) is 0.737. The van der Waals surface area contributed by atoms with Crippen molar-refractivity contribution in [3.8, 4) is 10.8 Å². The van der Waals surface area contributed by atoms with Crippen LogP contribution in [0.1, 0.15) is 25.6 Å². The number of thiazole rings is 1. The zero-order valence-electron chi connectivity index (χ0n) is 7.39. The van der Waals surface area contributed by atoms with Crippen molar-refractivity contribution in [2.75, 3.05) is 0 Å². The molecular formula is C8H9N3OS. The SMILES string of the molecule is CC(C)c1noc(-c2cncs2)n1. The molecule has 0 N–H and O–H groups in total. The van der Waals surface area contributed by atoms with Gasteiger partial charge in [0.15, 0.2) is 5.82 Å².